The van der Waals surface area contributed by atoms with Crippen LogP contribution in [0.5, 0.6) is 0 Å². The molecule has 0 amide bonds. The van der Waals surface area contributed by atoms with Crippen molar-refractivity contribution in [2.75, 3.05) is 0 Å². The van der Waals surface area contributed by atoms with Gasteiger partial charge in [-0.1, -0.05) is 18.2 Å². The summed E-state index contributed by atoms with van der Waals surface area (Å²) in [6.45, 7) is 1.32. The molecule has 1 aromatic heterocycles. The van der Waals surface area contributed by atoms with Gasteiger partial charge in [0.1, 0.15) is 0 Å². The van der Waals surface area contributed by atoms with E-state index in [-0.39, 0.29) is 11.2 Å². The molecule has 7 heteroatoms. The quantitative estimate of drug-likeness (QED) is 0.793. The van der Waals surface area contributed by atoms with E-state index in [0.29, 0.717) is 9.36 Å². The Labute approximate surface area is 95.5 Å². The average Bonchev–Trinajstić information content (AvgIpc) is 2.51. The zero-order valence-electron chi connectivity index (χ0n) is 8.69. The minimum absolute atomic E-state index is 0.0299. The van der Waals surface area contributed by atoms with Crippen molar-refractivity contribution in [1.82, 2.24) is 3.97 Å². The van der Waals surface area contributed by atoms with Crippen molar-refractivity contribution in [2.45, 2.75) is 12.4 Å². The van der Waals surface area contributed by atoms with Crippen molar-refractivity contribution >= 4 is 20.9 Å². The number of halogens is 3. The Balaban J connectivity index is 2.85. The second kappa shape index (κ2) is 3.49. The highest BCUT2D eigenvalue weighted by molar-refractivity contribution is 7.91. The fraction of sp³-hybridized carbons (Fsp3) is 0.200. The van der Waals surface area contributed by atoms with Crippen molar-refractivity contribution in [3.63, 3.8) is 0 Å². The summed E-state index contributed by atoms with van der Waals surface area (Å²) in [5.41, 5.74) is -5.25. The SMILES string of the molecule is Cc1cc2ccccc2n1S(=O)(=O)C(F)(F)F. The monoisotopic (exact) mass is 263 g/mol. The number of rotatable bonds is 1. The number of fused-ring (bicyclic) bond motifs is 1. The first-order valence-corrected chi connectivity index (χ1v) is 6.08. The molecule has 1 aromatic carbocycles. The van der Waals surface area contributed by atoms with Crippen LogP contribution in [-0.4, -0.2) is 17.9 Å². The lowest BCUT2D eigenvalue weighted by atomic mass is 10.2. The number of alkyl halides is 3. The molecule has 0 aliphatic carbocycles. The van der Waals surface area contributed by atoms with Crippen molar-refractivity contribution in [1.29, 1.82) is 0 Å². The fourth-order valence-corrected chi connectivity index (χ4v) is 2.75. The van der Waals surface area contributed by atoms with Crippen LogP contribution in [0, 0.1) is 6.92 Å². The van der Waals surface area contributed by atoms with Crippen LogP contribution in [0.2, 0.25) is 0 Å². The molecule has 92 valence electrons. The summed E-state index contributed by atoms with van der Waals surface area (Å²) in [7, 11) is -5.37. The van der Waals surface area contributed by atoms with Crippen molar-refractivity contribution < 1.29 is 21.6 Å². The van der Waals surface area contributed by atoms with Gasteiger partial charge in [0, 0.05) is 11.1 Å². The number of aromatic nitrogens is 1. The molecule has 0 aliphatic heterocycles. The number of hydrogen-bond donors (Lipinski definition) is 0. The summed E-state index contributed by atoms with van der Waals surface area (Å²) in [6, 6.07) is 7.42. The lowest BCUT2D eigenvalue weighted by Gasteiger charge is -2.12. The van der Waals surface area contributed by atoms with Gasteiger partial charge in [-0.15, -0.1) is 0 Å². The van der Waals surface area contributed by atoms with Crippen molar-refractivity contribution in [3.8, 4) is 0 Å². The third-order valence-corrected chi connectivity index (χ3v) is 3.92. The molecule has 2 aromatic rings. The molecule has 0 aliphatic rings. The summed E-state index contributed by atoms with van der Waals surface area (Å²) < 4.78 is 60.6. The summed E-state index contributed by atoms with van der Waals surface area (Å²) in [5, 5.41) is 0.456. The third kappa shape index (κ3) is 1.70. The number of benzene rings is 1. The molecule has 0 radical (unpaired) electrons. The maximum Gasteiger partial charge on any atom is 0.517 e. The lowest BCUT2D eigenvalue weighted by Crippen LogP contribution is -2.30. The summed E-state index contributed by atoms with van der Waals surface area (Å²) >= 11 is 0. The highest BCUT2D eigenvalue weighted by Gasteiger charge is 2.48. The molecule has 0 atom stereocenters. The Morgan fingerprint density at radius 1 is 1.18 bits per heavy atom. The Hall–Kier alpha value is -1.50. The molecule has 17 heavy (non-hydrogen) atoms. The Morgan fingerprint density at radius 3 is 2.35 bits per heavy atom. The van der Waals surface area contributed by atoms with Gasteiger partial charge in [0.2, 0.25) is 0 Å². The topological polar surface area (TPSA) is 39.1 Å². The molecule has 0 bridgehead atoms. The van der Waals surface area contributed by atoms with E-state index >= 15 is 0 Å². The molecule has 1 heterocycles. The van der Waals surface area contributed by atoms with Gasteiger partial charge in [0.15, 0.2) is 0 Å². The Morgan fingerprint density at radius 2 is 1.76 bits per heavy atom. The second-order valence-corrected chi connectivity index (χ2v) is 5.34. The van der Waals surface area contributed by atoms with Gasteiger partial charge >= 0.3 is 15.5 Å². The number of aryl methyl sites for hydroxylation is 1. The fourth-order valence-electron chi connectivity index (χ4n) is 1.69. The second-order valence-electron chi connectivity index (χ2n) is 3.56. The Kier molecular flexibility index (Phi) is 2.46. The zero-order valence-corrected chi connectivity index (χ0v) is 9.51. The lowest BCUT2D eigenvalue weighted by molar-refractivity contribution is -0.0445. The van der Waals surface area contributed by atoms with Crippen LogP contribution in [0.25, 0.3) is 10.9 Å². The first kappa shape index (κ1) is 12.0. The van der Waals surface area contributed by atoms with E-state index in [1.807, 2.05) is 0 Å². The number of para-hydroxylation sites is 1. The molecular formula is C10H8F3NO2S. The number of hydrogen-bond acceptors (Lipinski definition) is 2. The molecule has 2 rings (SSSR count). The van der Waals surface area contributed by atoms with Gasteiger partial charge in [-0.25, -0.2) is 3.97 Å². The molecular weight excluding hydrogens is 255 g/mol. The van der Waals surface area contributed by atoms with Crippen LogP contribution in [-0.2, 0) is 10.0 Å². The van der Waals surface area contributed by atoms with Crippen LogP contribution < -0.4 is 0 Å². The van der Waals surface area contributed by atoms with E-state index in [4.69, 9.17) is 0 Å². The standard InChI is InChI=1S/C10H8F3NO2S/c1-7-6-8-4-2-3-5-9(8)14(7)17(15,16)10(11,12)13/h2-6H,1H3. The van der Waals surface area contributed by atoms with Gasteiger partial charge in [0.25, 0.3) is 0 Å². The zero-order chi connectivity index (χ0) is 12.8. The summed E-state index contributed by atoms with van der Waals surface area (Å²) in [4.78, 5) is 0. The average molecular weight is 263 g/mol. The molecule has 0 saturated heterocycles. The predicted molar refractivity (Wildman–Crippen MR) is 57.0 cm³/mol. The Bertz CT molecular complexity index is 670. The van der Waals surface area contributed by atoms with Gasteiger partial charge in [0.05, 0.1) is 5.52 Å². The van der Waals surface area contributed by atoms with E-state index in [1.54, 1.807) is 12.1 Å². The summed E-state index contributed by atoms with van der Waals surface area (Å²) in [6.07, 6.45) is 0. The van der Waals surface area contributed by atoms with Gasteiger partial charge in [-0.05, 0) is 19.1 Å². The van der Waals surface area contributed by atoms with Crippen LogP contribution in [0.4, 0.5) is 13.2 Å². The molecule has 0 unspecified atom stereocenters. The normalized spacial score (nSPS) is 13.2. The van der Waals surface area contributed by atoms with Crippen LogP contribution in [0.1, 0.15) is 5.69 Å². The molecule has 0 saturated carbocycles. The minimum Gasteiger partial charge on any atom is -0.235 e. The van der Waals surface area contributed by atoms with E-state index < -0.39 is 15.5 Å². The smallest absolute Gasteiger partial charge is 0.235 e. The summed E-state index contributed by atoms with van der Waals surface area (Å²) in [5.74, 6) is 0. The van der Waals surface area contributed by atoms with Gasteiger partial charge in [-0.3, -0.25) is 0 Å². The molecule has 0 spiro atoms. The first-order chi connectivity index (χ1) is 7.75. The van der Waals surface area contributed by atoms with Gasteiger partial charge < -0.3 is 0 Å². The van der Waals surface area contributed by atoms with E-state index in [0.717, 1.165) is 0 Å². The van der Waals surface area contributed by atoms with Gasteiger partial charge in [-0.2, -0.15) is 21.6 Å². The van der Waals surface area contributed by atoms with Crippen LogP contribution in [0.3, 0.4) is 0 Å². The van der Waals surface area contributed by atoms with E-state index in [1.165, 1.54) is 25.1 Å². The molecule has 3 nitrogen and oxygen atoms in total. The minimum atomic E-state index is -5.37. The van der Waals surface area contributed by atoms with E-state index in [9.17, 15) is 21.6 Å². The predicted octanol–water partition coefficient (Wildman–Crippen LogP) is 2.65. The van der Waals surface area contributed by atoms with Crippen molar-refractivity contribution in [3.05, 3.63) is 36.0 Å². The number of nitrogens with zero attached hydrogens (tertiary/aromatic N) is 1. The molecule has 0 fully saturated rings. The van der Waals surface area contributed by atoms with Crippen LogP contribution in [0.15, 0.2) is 30.3 Å². The van der Waals surface area contributed by atoms with E-state index in [2.05, 4.69) is 0 Å². The third-order valence-electron chi connectivity index (χ3n) is 2.37. The maximum absolute atomic E-state index is 12.5. The highest BCUT2D eigenvalue weighted by atomic mass is 32.2. The van der Waals surface area contributed by atoms with Crippen LogP contribution >= 0.6 is 0 Å². The first-order valence-electron chi connectivity index (χ1n) is 4.64. The maximum atomic E-state index is 12.5. The van der Waals surface area contributed by atoms with Crippen molar-refractivity contribution in [2.24, 2.45) is 0 Å². The molecule has 0 N–H and O–H groups in total. The highest BCUT2D eigenvalue weighted by Crippen LogP contribution is 2.30. The largest absolute Gasteiger partial charge is 0.517 e.